The summed E-state index contributed by atoms with van der Waals surface area (Å²) in [5, 5.41) is 3.41. The highest BCUT2D eigenvalue weighted by Crippen LogP contribution is 2.25. The molecule has 2 rings (SSSR count). The maximum atomic E-state index is 12.3. The number of carbonyl (C=O) groups is 1. The number of rotatable bonds is 3. The molecule has 2 amide bonds. The lowest BCUT2D eigenvalue weighted by atomic mass is 10.1. The van der Waals surface area contributed by atoms with Crippen LogP contribution >= 0.6 is 11.8 Å². The fourth-order valence-electron chi connectivity index (χ4n) is 2.22. The van der Waals surface area contributed by atoms with E-state index < -0.39 is 10.8 Å². The Labute approximate surface area is 133 Å². The summed E-state index contributed by atoms with van der Waals surface area (Å²) >= 11 is 1.94. The average molecular weight is 326 g/mol. The van der Waals surface area contributed by atoms with Crippen LogP contribution in [0, 0.1) is 5.92 Å². The molecule has 0 aromatic heterocycles. The zero-order chi connectivity index (χ0) is 15.4. The zero-order valence-corrected chi connectivity index (χ0v) is 14.3. The molecule has 1 aliphatic heterocycles. The van der Waals surface area contributed by atoms with Gasteiger partial charge in [-0.25, -0.2) is 4.79 Å². The van der Waals surface area contributed by atoms with Crippen molar-refractivity contribution in [2.45, 2.75) is 24.0 Å². The molecular formula is C15H22N2O2S2. The van der Waals surface area contributed by atoms with Gasteiger partial charge in [0.1, 0.15) is 0 Å². The van der Waals surface area contributed by atoms with Crippen molar-refractivity contribution in [1.82, 2.24) is 4.90 Å². The second kappa shape index (κ2) is 7.31. The summed E-state index contributed by atoms with van der Waals surface area (Å²) in [4.78, 5) is 14.9. The zero-order valence-electron chi connectivity index (χ0n) is 12.7. The number of hydrogen-bond acceptors (Lipinski definition) is 3. The van der Waals surface area contributed by atoms with Gasteiger partial charge in [-0.1, -0.05) is 19.9 Å². The second-order valence-electron chi connectivity index (χ2n) is 5.51. The SMILES string of the molecule is CC(C)[C@H]1CN(C(=O)Nc2cccc([S@](C)=O)c2)CCS1. The van der Waals surface area contributed by atoms with E-state index in [-0.39, 0.29) is 6.03 Å². The van der Waals surface area contributed by atoms with E-state index in [0.717, 1.165) is 23.7 Å². The van der Waals surface area contributed by atoms with Crippen LogP contribution in [0.5, 0.6) is 0 Å². The Morgan fingerprint density at radius 1 is 1.48 bits per heavy atom. The minimum absolute atomic E-state index is 0.0695. The van der Waals surface area contributed by atoms with Crippen molar-refractivity contribution >= 4 is 34.3 Å². The van der Waals surface area contributed by atoms with Crippen LogP contribution < -0.4 is 5.32 Å². The van der Waals surface area contributed by atoms with Crippen LogP contribution in [0.4, 0.5) is 10.5 Å². The van der Waals surface area contributed by atoms with E-state index in [1.54, 1.807) is 18.4 Å². The number of carbonyl (C=O) groups excluding carboxylic acids is 1. The van der Waals surface area contributed by atoms with Crippen LogP contribution in [0.1, 0.15) is 13.8 Å². The first-order valence-electron chi connectivity index (χ1n) is 7.08. The second-order valence-corrected chi connectivity index (χ2v) is 8.24. The summed E-state index contributed by atoms with van der Waals surface area (Å²) in [6.07, 6.45) is 1.63. The normalized spacial score (nSPS) is 20.4. The molecule has 0 spiro atoms. The number of thioether (sulfide) groups is 1. The standard InChI is InChI=1S/C15H22N2O2S2/c1-11(2)14-10-17(7-8-20-14)15(18)16-12-5-4-6-13(9-12)21(3)19/h4-6,9,11,14H,7-8,10H2,1-3H3,(H,16,18)/t14-,21+/m1/s1. The molecule has 116 valence electrons. The smallest absolute Gasteiger partial charge is 0.321 e. The summed E-state index contributed by atoms with van der Waals surface area (Å²) in [6.45, 7) is 5.95. The third-order valence-corrected chi connectivity index (χ3v) is 6.00. The van der Waals surface area contributed by atoms with Crippen molar-refractivity contribution in [2.24, 2.45) is 5.92 Å². The Kier molecular flexibility index (Phi) is 5.70. The van der Waals surface area contributed by atoms with Gasteiger partial charge in [0.05, 0.1) is 0 Å². The molecule has 0 saturated carbocycles. The highest BCUT2D eigenvalue weighted by atomic mass is 32.2. The Balaban J connectivity index is 2.01. The summed E-state index contributed by atoms with van der Waals surface area (Å²) in [7, 11) is -1.04. The molecule has 1 aromatic carbocycles. The van der Waals surface area contributed by atoms with Gasteiger partial charge in [0.2, 0.25) is 0 Å². The highest BCUT2D eigenvalue weighted by molar-refractivity contribution is 8.00. The Morgan fingerprint density at radius 3 is 2.90 bits per heavy atom. The first-order chi connectivity index (χ1) is 9.97. The van der Waals surface area contributed by atoms with Crippen molar-refractivity contribution in [3.63, 3.8) is 0 Å². The van der Waals surface area contributed by atoms with Crippen molar-refractivity contribution in [2.75, 3.05) is 30.4 Å². The minimum atomic E-state index is -1.04. The van der Waals surface area contributed by atoms with E-state index in [9.17, 15) is 9.00 Å². The van der Waals surface area contributed by atoms with Gasteiger partial charge in [0.15, 0.2) is 0 Å². The van der Waals surface area contributed by atoms with E-state index in [1.165, 1.54) is 0 Å². The van der Waals surface area contributed by atoms with Crippen LogP contribution in [0.2, 0.25) is 0 Å². The number of benzene rings is 1. The van der Waals surface area contributed by atoms with E-state index in [2.05, 4.69) is 19.2 Å². The first-order valence-corrected chi connectivity index (χ1v) is 9.69. The maximum Gasteiger partial charge on any atom is 0.321 e. The monoisotopic (exact) mass is 326 g/mol. The lowest BCUT2D eigenvalue weighted by Crippen LogP contribution is -2.45. The summed E-state index contributed by atoms with van der Waals surface area (Å²) in [5.41, 5.74) is 0.701. The van der Waals surface area contributed by atoms with Crippen molar-refractivity contribution < 1.29 is 9.00 Å². The molecule has 0 unspecified atom stereocenters. The van der Waals surface area contributed by atoms with Gasteiger partial charge >= 0.3 is 6.03 Å². The topological polar surface area (TPSA) is 49.4 Å². The van der Waals surface area contributed by atoms with E-state index >= 15 is 0 Å². The number of hydrogen-bond donors (Lipinski definition) is 1. The van der Waals surface area contributed by atoms with Crippen LogP contribution in [0.15, 0.2) is 29.2 Å². The number of nitrogens with one attached hydrogen (secondary N) is 1. The molecule has 0 aliphatic carbocycles. The van der Waals surface area contributed by atoms with Crippen molar-refractivity contribution in [3.05, 3.63) is 24.3 Å². The fourth-order valence-corrected chi connectivity index (χ4v) is 4.08. The molecule has 0 bridgehead atoms. The minimum Gasteiger partial charge on any atom is -0.323 e. The van der Waals surface area contributed by atoms with E-state index in [0.29, 0.717) is 16.9 Å². The highest BCUT2D eigenvalue weighted by Gasteiger charge is 2.26. The number of anilines is 1. The van der Waals surface area contributed by atoms with E-state index in [4.69, 9.17) is 0 Å². The lowest BCUT2D eigenvalue weighted by molar-refractivity contribution is 0.211. The molecule has 1 aromatic rings. The quantitative estimate of drug-likeness (QED) is 0.929. The fraction of sp³-hybridized carbons (Fsp3) is 0.533. The number of urea groups is 1. The number of nitrogens with zero attached hydrogens (tertiary/aromatic N) is 1. The Bertz CT molecular complexity index is 534. The third-order valence-electron chi connectivity index (χ3n) is 3.54. The van der Waals surface area contributed by atoms with Gasteiger partial charge < -0.3 is 10.2 Å². The molecule has 1 N–H and O–H groups in total. The van der Waals surface area contributed by atoms with Gasteiger partial charge in [0, 0.05) is 51.7 Å². The van der Waals surface area contributed by atoms with Crippen molar-refractivity contribution in [1.29, 1.82) is 0 Å². The third kappa shape index (κ3) is 4.48. The lowest BCUT2D eigenvalue weighted by Gasteiger charge is -2.34. The Morgan fingerprint density at radius 2 is 2.24 bits per heavy atom. The van der Waals surface area contributed by atoms with Crippen LogP contribution in [-0.2, 0) is 10.8 Å². The molecule has 21 heavy (non-hydrogen) atoms. The maximum absolute atomic E-state index is 12.3. The first kappa shape index (κ1) is 16.4. The average Bonchev–Trinajstić information content (AvgIpc) is 2.47. The largest absolute Gasteiger partial charge is 0.323 e. The van der Waals surface area contributed by atoms with Crippen LogP contribution in [-0.4, -0.2) is 45.5 Å². The van der Waals surface area contributed by atoms with E-state index in [1.807, 2.05) is 28.8 Å². The molecule has 2 atom stereocenters. The van der Waals surface area contributed by atoms with Gasteiger partial charge in [-0.3, -0.25) is 4.21 Å². The van der Waals surface area contributed by atoms with Crippen LogP contribution in [0.25, 0.3) is 0 Å². The van der Waals surface area contributed by atoms with Gasteiger partial charge in [0.25, 0.3) is 0 Å². The predicted molar refractivity (Wildman–Crippen MR) is 90.5 cm³/mol. The molecule has 1 heterocycles. The summed E-state index contributed by atoms with van der Waals surface area (Å²) < 4.78 is 11.5. The molecular weight excluding hydrogens is 304 g/mol. The van der Waals surface area contributed by atoms with Gasteiger partial charge in [-0.05, 0) is 24.1 Å². The molecule has 4 nitrogen and oxygen atoms in total. The van der Waals surface area contributed by atoms with Crippen molar-refractivity contribution in [3.8, 4) is 0 Å². The molecule has 6 heteroatoms. The Hall–Kier alpha value is -1.01. The molecule has 1 saturated heterocycles. The van der Waals surface area contributed by atoms with Gasteiger partial charge in [-0.15, -0.1) is 0 Å². The summed E-state index contributed by atoms with van der Waals surface area (Å²) in [6, 6.07) is 7.15. The summed E-state index contributed by atoms with van der Waals surface area (Å²) in [5.74, 6) is 1.55. The van der Waals surface area contributed by atoms with Gasteiger partial charge in [-0.2, -0.15) is 11.8 Å². The van der Waals surface area contributed by atoms with Crippen LogP contribution in [0.3, 0.4) is 0 Å². The predicted octanol–water partition coefficient (Wildman–Crippen LogP) is 3.03. The molecule has 1 aliphatic rings. The number of amides is 2. The molecule has 1 fully saturated rings. The molecule has 0 radical (unpaired) electrons.